The van der Waals surface area contributed by atoms with Crippen LogP contribution in [-0.4, -0.2) is 32.0 Å². The summed E-state index contributed by atoms with van der Waals surface area (Å²) >= 11 is 6.20. The summed E-state index contributed by atoms with van der Waals surface area (Å²) < 4.78 is 1.45. The number of hydrogen-bond donors (Lipinski definition) is 1. The molecule has 1 aliphatic rings. The number of nitrogens with zero attached hydrogens (tertiary/aromatic N) is 4. The van der Waals surface area contributed by atoms with Crippen LogP contribution in [0.2, 0.25) is 0 Å². The van der Waals surface area contributed by atoms with E-state index in [2.05, 4.69) is 31.1 Å². The van der Waals surface area contributed by atoms with Crippen LogP contribution in [0.5, 0.6) is 0 Å². The maximum atomic E-state index is 13.2. The lowest BCUT2D eigenvalue weighted by Gasteiger charge is -2.22. The number of thioether (sulfide) groups is 1. The first-order chi connectivity index (χ1) is 17.0. The molecule has 7 nitrogen and oxygen atoms in total. The van der Waals surface area contributed by atoms with Crippen molar-refractivity contribution in [3.63, 3.8) is 0 Å². The molecule has 1 saturated heterocycles. The average Bonchev–Trinajstić information content (AvgIpc) is 3.46. The number of Topliss-reactive ketones (excluding diaryl/α,β-unsaturated/α-hetero) is 1. The molecule has 35 heavy (non-hydrogen) atoms. The number of benzene rings is 2. The second-order valence-corrected chi connectivity index (χ2v) is 10.7. The maximum absolute atomic E-state index is 13.2. The molecule has 3 heterocycles. The normalized spacial score (nSPS) is 17.2. The van der Waals surface area contributed by atoms with E-state index in [9.17, 15) is 14.7 Å². The molecule has 1 aliphatic heterocycles. The Labute approximate surface area is 217 Å². The Kier molecular flexibility index (Phi) is 6.76. The standard InChI is InChI=1S/C25H17BrN4O3S2/c26-18-8-4-7-17(13-18)20-19(21(31)16-9-11-27-12-10-16)22(32)23(33)30(20)24-28-29-25(35-24)34-14-15-5-2-1-3-6-15/h1-13,20,31H,14H2. The van der Waals surface area contributed by atoms with Crippen molar-refractivity contribution in [1.82, 2.24) is 15.2 Å². The zero-order valence-corrected chi connectivity index (χ0v) is 21.3. The molecule has 1 unspecified atom stereocenters. The van der Waals surface area contributed by atoms with Gasteiger partial charge in [0, 0.05) is 28.2 Å². The number of carbonyl (C=O) groups excluding carboxylic acids is 2. The lowest BCUT2D eigenvalue weighted by molar-refractivity contribution is -0.132. The molecule has 174 valence electrons. The summed E-state index contributed by atoms with van der Waals surface area (Å²) in [7, 11) is 0. The van der Waals surface area contributed by atoms with Crippen LogP contribution in [0.4, 0.5) is 5.13 Å². The first kappa shape index (κ1) is 23.4. The summed E-state index contributed by atoms with van der Waals surface area (Å²) in [5.41, 5.74) is 2.19. The average molecular weight is 565 g/mol. The maximum Gasteiger partial charge on any atom is 0.301 e. The van der Waals surface area contributed by atoms with Gasteiger partial charge in [0.15, 0.2) is 4.34 Å². The van der Waals surface area contributed by atoms with Crippen LogP contribution < -0.4 is 4.90 Å². The van der Waals surface area contributed by atoms with Gasteiger partial charge in [0.05, 0.1) is 11.6 Å². The number of anilines is 1. The van der Waals surface area contributed by atoms with Crippen LogP contribution in [-0.2, 0) is 15.3 Å². The number of aliphatic hydroxyl groups is 1. The minimum Gasteiger partial charge on any atom is -0.507 e. The Bertz CT molecular complexity index is 1430. The smallest absolute Gasteiger partial charge is 0.301 e. The largest absolute Gasteiger partial charge is 0.507 e. The van der Waals surface area contributed by atoms with Crippen LogP contribution in [0.25, 0.3) is 5.76 Å². The second kappa shape index (κ2) is 10.1. The SMILES string of the molecule is O=C1C(=O)N(c2nnc(SCc3ccccc3)s2)C(c2cccc(Br)c2)C1=C(O)c1ccncc1. The van der Waals surface area contributed by atoms with Crippen molar-refractivity contribution in [2.24, 2.45) is 0 Å². The van der Waals surface area contributed by atoms with Crippen molar-refractivity contribution in [1.29, 1.82) is 0 Å². The number of hydrogen-bond acceptors (Lipinski definition) is 8. The van der Waals surface area contributed by atoms with Crippen LogP contribution in [0.15, 0.2) is 93.5 Å². The molecule has 10 heteroatoms. The molecule has 2 aromatic heterocycles. The molecule has 2 aromatic carbocycles. The van der Waals surface area contributed by atoms with Crippen molar-refractivity contribution in [2.45, 2.75) is 16.1 Å². The Balaban J connectivity index is 1.55. The molecule has 1 N–H and O–H groups in total. The third-order valence-corrected chi connectivity index (χ3v) is 7.99. The number of aliphatic hydroxyl groups excluding tert-OH is 1. The summed E-state index contributed by atoms with van der Waals surface area (Å²) in [6.07, 6.45) is 3.03. The Morgan fingerprint density at radius 2 is 1.80 bits per heavy atom. The Hall–Kier alpha value is -3.34. The van der Waals surface area contributed by atoms with Gasteiger partial charge < -0.3 is 5.11 Å². The van der Waals surface area contributed by atoms with Gasteiger partial charge >= 0.3 is 5.91 Å². The van der Waals surface area contributed by atoms with E-state index in [0.29, 0.717) is 26.4 Å². The highest BCUT2D eigenvalue weighted by atomic mass is 79.9. The van der Waals surface area contributed by atoms with Gasteiger partial charge in [0.1, 0.15) is 5.76 Å². The third kappa shape index (κ3) is 4.77. The van der Waals surface area contributed by atoms with Gasteiger partial charge in [-0.25, -0.2) is 0 Å². The molecule has 0 aliphatic carbocycles. The van der Waals surface area contributed by atoms with Gasteiger partial charge in [-0.3, -0.25) is 19.5 Å². The van der Waals surface area contributed by atoms with Gasteiger partial charge in [0.25, 0.3) is 5.78 Å². The van der Waals surface area contributed by atoms with Gasteiger partial charge in [0.2, 0.25) is 5.13 Å². The summed E-state index contributed by atoms with van der Waals surface area (Å²) in [4.78, 5) is 31.7. The van der Waals surface area contributed by atoms with E-state index in [1.54, 1.807) is 18.2 Å². The molecule has 0 bridgehead atoms. The zero-order chi connectivity index (χ0) is 24.4. The third-order valence-electron chi connectivity index (χ3n) is 5.37. The van der Waals surface area contributed by atoms with Crippen molar-refractivity contribution in [3.05, 3.63) is 106 Å². The Morgan fingerprint density at radius 1 is 1.03 bits per heavy atom. The predicted octanol–water partition coefficient (Wildman–Crippen LogP) is 5.61. The van der Waals surface area contributed by atoms with Crippen molar-refractivity contribution in [2.75, 3.05) is 4.90 Å². The van der Waals surface area contributed by atoms with E-state index in [4.69, 9.17) is 0 Å². The molecule has 4 aromatic rings. The van der Waals surface area contributed by atoms with E-state index in [0.717, 1.165) is 10.0 Å². The quantitative estimate of drug-likeness (QED) is 0.107. The molecular weight excluding hydrogens is 548 g/mol. The molecule has 1 atom stereocenters. The fraction of sp³-hybridized carbons (Fsp3) is 0.0800. The van der Waals surface area contributed by atoms with Gasteiger partial charge in [-0.05, 0) is 35.4 Å². The summed E-state index contributed by atoms with van der Waals surface area (Å²) in [6, 6.07) is 19.6. The number of halogens is 1. The number of pyridine rings is 1. The molecule has 0 spiro atoms. The highest BCUT2D eigenvalue weighted by Crippen LogP contribution is 2.44. The van der Waals surface area contributed by atoms with Crippen LogP contribution in [0, 0.1) is 0 Å². The number of ketones is 1. The fourth-order valence-corrected chi connectivity index (χ4v) is 6.01. The highest BCUT2D eigenvalue weighted by molar-refractivity contribution is 9.10. The summed E-state index contributed by atoms with van der Waals surface area (Å²) in [5.74, 6) is -1.11. The number of amides is 1. The lowest BCUT2D eigenvalue weighted by atomic mass is 9.96. The Morgan fingerprint density at radius 3 is 2.54 bits per heavy atom. The van der Waals surface area contributed by atoms with Crippen LogP contribution in [0.3, 0.4) is 0 Å². The lowest BCUT2D eigenvalue weighted by Crippen LogP contribution is -2.29. The summed E-state index contributed by atoms with van der Waals surface area (Å²) in [5, 5.41) is 19.9. The topological polar surface area (TPSA) is 96.3 Å². The first-order valence-electron chi connectivity index (χ1n) is 10.5. The van der Waals surface area contributed by atoms with E-state index >= 15 is 0 Å². The number of aromatic nitrogens is 3. The number of carbonyl (C=O) groups is 2. The predicted molar refractivity (Wildman–Crippen MR) is 139 cm³/mol. The first-order valence-corrected chi connectivity index (χ1v) is 13.1. The molecular formula is C25H17BrN4O3S2. The van der Waals surface area contributed by atoms with E-state index < -0.39 is 17.7 Å². The second-order valence-electron chi connectivity index (χ2n) is 7.58. The van der Waals surface area contributed by atoms with Crippen LogP contribution >= 0.6 is 39.0 Å². The molecule has 1 fully saturated rings. The molecule has 1 amide bonds. The monoisotopic (exact) mass is 564 g/mol. The minimum absolute atomic E-state index is 0.00649. The van der Waals surface area contributed by atoms with Crippen molar-refractivity contribution in [3.8, 4) is 0 Å². The van der Waals surface area contributed by atoms with Gasteiger partial charge in [-0.15, -0.1) is 10.2 Å². The van der Waals surface area contributed by atoms with Gasteiger partial charge in [-0.2, -0.15) is 0 Å². The number of rotatable bonds is 6. The summed E-state index contributed by atoms with van der Waals surface area (Å²) in [6.45, 7) is 0. The molecule has 0 saturated carbocycles. The van der Waals surface area contributed by atoms with Gasteiger partial charge in [-0.1, -0.05) is 81.5 Å². The fourth-order valence-electron chi connectivity index (χ4n) is 3.76. The molecule has 5 rings (SSSR count). The molecule has 0 radical (unpaired) electrons. The van der Waals surface area contributed by atoms with Crippen LogP contribution in [0.1, 0.15) is 22.7 Å². The zero-order valence-electron chi connectivity index (χ0n) is 18.0. The minimum atomic E-state index is -0.861. The van der Waals surface area contributed by atoms with E-state index in [-0.39, 0.29) is 11.3 Å². The highest BCUT2D eigenvalue weighted by Gasteiger charge is 2.48. The van der Waals surface area contributed by atoms with E-state index in [1.165, 1.54) is 40.4 Å². The van der Waals surface area contributed by atoms with E-state index in [1.807, 2.05) is 48.5 Å². The van der Waals surface area contributed by atoms with Crippen molar-refractivity contribution >= 4 is 61.6 Å². The van der Waals surface area contributed by atoms with Crippen molar-refractivity contribution < 1.29 is 14.7 Å².